The van der Waals surface area contributed by atoms with Gasteiger partial charge in [0, 0.05) is 17.6 Å². The summed E-state index contributed by atoms with van der Waals surface area (Å²) in [6.07, 6.45) is 8.67. The molecule has 0 aromatic carbocycles. The Kier molecular flexibility index (Phi) is 5.02. The van der Waals surface area contributed by atoms with E-state index in [9.17, 15) is 0 Å². The predicted octanol–water partition coefficient (Wildman–Crippen LogP) is 4.79. The van der Waals surface area contributed by atoms with Crippen molar-refractivity contribution >= 4 is 11.3 Å². The molecule has 0 bridgehead atoms. The highest BCUT2D eigenvalue weighted by molar-refractivity contribution is 7.09. The Morgan fingerprint density at radius 3 is 2.68 bits per heavy atom. The highest BCUT2D eigenvalue weighted by atomic mass is 32.1. The first-order valence-electron chi connectivity index (χ1n) is 7.62. The predicted molar refractivity (Wildman–Crippen MR) is 83.5 cm³/mol. The third kappa shape index (κ3) is 4.28. The second kappa shape index (κ2) is 6.36. The summed E-state index contributed by atoms with van der Waals surface area (Å²) in [6, 6.07) is 1.07. The zero-order chi connectivity index (χ0) is 13.9. The highest BCUT2D eigenvalue weighted by Crippen LogP contribution is 2.37. The van der Waals surface area contributed by atoms with Gasteiger partial charge in [-0.3, -0.25) is 0 Å². The lowest BCUT2D eigenvalue weighted by atomic mass is 9.76. The molecule has 19 heavy (non-hydrogen) atoms. The lowest BCUT2D eigenvalue weighted by Crippen LogP contribution is -2.31. The third-order valence-electron chi connectivity index (χ3n) is 4.50. The van der Waals surface area contributed by atoms with Crippen LogP contribution in [0.1, 0.15) is 70.8 Å². The van der Waals surface area contributed by atoms with Crippen molar-refractivity contribution in [1.82, 2.24) is 10.3 Å². The Balaban J connectivity index is 1.86. The summed E-state index contributed by atoms with van der Waals surface area (Å²) < 4.78 is 0. The molecule has 1 fully saturated rings. The van der Waals surface area contributed by atoms with Gasteiger partial charge in [-0.1, -0.05) is 27.2 Å². The number of hydrogen-bond acceptors (Lipinski definition) is 3. The minimum absolute atomic E-state index is 0.399. The minimum atomic E-state index is 0.399. The number of hydrogen-bond donors (Lipinski definition) is 1. The van der Waals surface area contributed by atoms with Gasteiger partial charge in [0.1, 0.15) is 5.01 Å². The van der Waals surface area contributed by atoms with E-state index >= 15 is 0 Å². The number of aromatic nitrogens is 1. The lowest BCUT2D eigenvalue weighted by Gasteiger charge is -2.30. The number of rotatable bonds is 3. The third-order valence-corrected chi connectivity index (χ3v) is 5.46. The average molecular weight is 280 g/mol. The van der Waals surface area contributed by atoms with Gasteiger partial charge in [-0.2, -0.15) is 0 Å². The van der Waals surface area contributed by atoms with Crippen LogP contribution < -0.4 is 5.32 Å². The van der Waals surface area contributed by atoms with Crippen LogP contribution in [0, 0.1) is 11.3 Å². The van der Waals surface area contributed by atoms with Crippen molar-refractivity contribution in [3.63, 3.8) is 0 Å². The monoisotopic (exact) mass is 280 g/mol. The molecule has 3 atom stereocenters. The topological polar surface area (TPSA) is 24.9 Å². The van der Waals surface area contributed by atoms with Gasteiger partial charge in [-0.15, -0.1) is 11.3 Å². The molecule has 3 unspecified atom stereocenters. The van der Waals surface area contributed by atoms with Crippen molar-refractivity contribution in [3.8, 4) is 0 Å². The maximum absolute atomic E-state index is 4.42. The molecule has 0 saturated heterocycles. The van der Waals surface area contributed by atoms with E-state index in [0.29, 0.717) is 17.5 Å². The van der Waals surface area contributed by atoms with Crippen LogP contribution in [0.3, 0.4) is 0 Å². The molecule has 1 aromatic rings. The maximum Gasteiger partial charge on any atom is 0.109 e. The quantitative estimate of drug-likeness (QED) is 0.805. The molecule has 1 aliphatic carbocycles. The molecule has 2 nitrogen and oxygen atoms in total. The fraction of sp³-hybridized carbons (Fsp3) is 0.812. The Bertz CT molecular complexity index is 367. The van der Waals surface area contributed by atoms with Crippen LogP contribution in [-0.2, 0) is 0 Å². The molecular weight excluding hydrogens is 252 g/mol. The van der Waals surface area contributed by atoms with Gasteiger partial charge in [0.2, 0.25) is 0 Å². The molecule has 1 aromatic heterocycles. The zero-order valence-electron chi connectivity index (χ0n) is 12.8. The molecule has 0 aliphatic heterocycles. The Morgan fingerprint density at radius 2 is 2.05 bits per heavy atom. The molecule has 1 N–H and O–H groups in total. The number of nitrogens with one attached hydrogen (secondary N) is 1. The minimum Gasteiger partial charge on any atom is -0.305 e. The first-order valence-corrected chi connectivity index (χ1v) is 8.50. The molecular formula is C16H28N2S. The lowest BCUT2D eigenvalue weighted by molar-refractivity contribution is 0.213. The molecule has 1 heterocycles. The molecule has 1 aliphatic rings. The summed E-state index contributed by atoms with van der Waals surface area (Å²) in [5, 5.41) is 7.07. The van der Waals surface area contributed by atoms with Crippen LogP contribution in [0.15, 0.2) is 11.6 Å². The van der Waals surface area contributed by atoms with Crippen molar-refractivity contribution in [2.24, 2.45) is 11.3 Å². The molecule has 2 rings (SSSR count). The molecule has 3 heteroatoms. The van der Waals surface area contributed by atoms with Crippen LogP contribution in [0.4, 0.5) is 0 Å². The molecule has 0 amide bonds. The van der Waals surface area contributed by atoms with E-state index in [1.165, 1.54) is 37.1 Å². The Hall–Kier alpha value is -0.410. The van der Waals surface area contributed by atoms with Gasteiger partial charge in [0.05, 0.1) is 6.04 Å². The maximum atomic E-state index is 4.42. The van der Waals surface area contributed by atoms with Crippen LogP contribution in [0.2, 0.25) is 0 Å². The summed E-state index contributed by atoms with van der Waals surface area (Å²) in [4.78, 5) is 4.42. The second-order valence-electron chi connectivity index (χ2n) is 7.03. The van der Waals surface area contributed by atoms with Gasteiger partial charge in [0.15, 0.2) is 0 Å². The van der Waals surface area contributed by atoms with Crippen LogP contribution >= 0.6 is 11.3 Å². The van der Waals surface area contributed by atoms with Gasteiger partial charge < -0.3 is 5.32 Å². The summed E-state index contributed by atoms with van der Waals surface area (Å²) in [6.45, 7) is 9.42. The van der Waals surface area contributed by atoms with Gasteiger partial charge in [0.25, 0.3) is 0 Å². The van der Waals surface area contributed by atoms with E-state index in [-0.39, 0.29) is 0 Å². The van der Waals surface area contributed by atoms with E-state index in [4.69, 9.17) is 0 Å². The van der Waals surface area contributed by atoms with Gasteiger partial charge in [-0.25, -0.2) is 4.98 Å². The van der Waals surface area contributed by atoms with Gasteiger partial charge >= 0.3 is 0 Å². The standard InChI is InChI=1S/C16H28N2S/c1-12(15-17-10-11-19-15)18-14-7-5-6-13(8-9-14)16(2,3)4/h10-14,18H,5-9H2,1-4H3. The van der Waals surface area contributed by atoms with E-state index in [2.05, 4.69) is 43.4 Å². The smallest absolute Gasteiger partial charge is 0.109 e. The van der Waals surface area contributed by atoms with E-state index in [1.54, 1.807) is 11.3 Å². The van der Waals surface area contributed by atoms with Crippen molar-refractivity contribution in [2.75, 3.05) is 0 Å². The SMILES string of the molecule is CC(NC1CCCC(C(C)(C)C)CC1)c1nccs1. The second-order valence-corrected chi connectivity index (χ2v) is 7.95. The number of nitrogens with zero attached hydrogens (tertiary/aromatic N) is 1. The molecule has 108 valence electrons. The summed E-state index contributed by atoms with van der Waals surface area (Å²) >= 11 is 1.76. The van der Waals surface area contributed by atoms with Crippen LogP contribution in [0.5, 0.6) is 0 Å². The Morgan fingerprint density at radius 1 is 1.26 bits per heavy atom. The highest BCUT2D eigenvalue weighted by Gasteiger charge is 2.28. The largest absolute Gasteiger partial charge is 0.305 e. The first-order chi connectivity index (χ1) is 8.97. The van der Waals surface area contributed by atoms with E-state index in [1.807, 2.05) is 6.20 Å². The average Bonchev–Trinajstić information content (AvgIpc) is 2.75. The summed E-state index contributed by atoms with van der Waals surface area (Å²) in [5.41, 5.74) is 0.468. The van der Waals surface area contributed by atoms with Crippen molar-refractivity contribution in [2.45, 2.75) is 71.9 Å². The fourth-order valence-corrected chi connectivity index (χ4v) is 3.86. The van der Waals surface area contributed by atoms with E-state index < -0.39 is 0 Å². The normalized spacial score (nSPS) is 26.9. The van der Waals surface area contributed by atoms with Crippen LogP contribution in [0.25, 0.3) is 0 Å². The van der Waals surface area contributed by atoms with Crippen LogP contribution in [-0.4, -0.2) is 11.0 Å². The zero-order valence-corrected chi connectivity index (χ0v) is 13.6. The Labute approximate surface area is 122 Å². The molecule has 1 saturated carbocycles. The summed E-state index contributed by atoms with van der Waals surface area (Å²) in [5.74, 6) is 0.884. The fourth-order valence-electron chi connectivity index (χ4n) is 3.21. The van der Waals surface area contributed by atoms with Gasteiger partial charge in [-0.05, 0) is 43.9 Å². The first kappa shape index (κ1) is 15.0. The van der Waals surface area contributed by atoms with E-state index in [0.717, 1.165) is 5.92 Å². The van der Waals surface area contributed by atoms with Crippen molar-refractivity contribution in [3.05, 3.63) is 16.6 Å². The molecule has 0 spiro atoms. The summed E-state index contributed by atoms with van der Waals surface area (Å²) in [7, 11) is 0. The molecule has 0 radical (unpaired) electrons. The number of thiazole rings is 1. The van der Waals surface area contributed by atoms with Crippen molar-refractivity contribution < 1.29 is 0 Å². The van der Waals surface area contributed by atoms with Crippen molar-refractivity contribution in [1.29, 1.82) is 0 Å².